The summed E-state index contributed by atoms with van der Waals surface area (Å²) < 4.78 is 15.4. The molecule has 2 rings (SSSR count). The lowest BCUT2D eigenvalue weighted by molar-refractivity contribution is -0.162. The summed E-state index contributed by atoms with van der Waals surface area (Å²) in [6.45, 7) is 2.05. The molecule has 7 heteroatoms. The van der Waals surface area contributed by atoms with Gasteiger partial charge in [0.1, 0.15) is 5.75 Å². The van der Waals surface area contributed by atoms with Crippen molar-refractivity contribution in [3.63, 3.8) is 0 Å². The van der Waals surface area contributed by atoms with Crippen LogP contribution in [0.5, 0.6) is 5.75 Å². The van der Waals surface area contributed by atoms with Gasteiger partial charge >= 0.3 is 5.97 Å². The highest BCUT2D eigenvalue weighted by Crippen LogP contribution is 2.27. The second-order valence-corrected chi connectivity index (χ2v) is 5.33. The lowest BCUT2D eigenvalue weighted by Gasteiger charge is -2.16. The van der Waals surface area contributed by atoms with Crippen LogP contribution >= 0.6 is 11.6 Å². The normalized spacial score (nSPS) is 18.6. The summed E-state index contributed by atoms with van der Waals surface area (Å²) >= 11 is 5.98. The fraction of sp³-hybridized carbons (Fsp3) is 0.467. The van der Waals surface area contributed by atoms with Gasteiger partial charge in [0.15, 0.2) is 12.2 Å². The van der Waals surface area contributed by atoms with Gasteiger partial charge in [-0.15, -0.1) is 0 Å². The van der Waals surface area contributed by atoms with Gasteiger partial charge in [-0.05, 0) is 38.0 Å². The number of benzene rings is 1. The molecule has 1 fully saturated rings. The van der Waals surface area contributed by atoms with Crippen molar-refractivity contribution in [1.82, 2.24) is 0 Å². The third-order valence-electron chi connectivity index (χ3n) is 3.27. The predicted octanol–water partition coefficient (Wildman–Crippen LogP) is 2.40. The third kappa shape index (κ3) is 4.11. The number of halogens is 1. The van der Waals surface area contributed by atoms with Crippen molar-refractivity contribution >= 4 is 29.2 Å². The molecule has 2 atom stereocenters. The maximum atomic E-state index is 12.0. The standard InChI is InChI=1S/C15H18ClNO5/c1-9(22-15(19)13-4-3-7-21-13)14(18)17-10-5-6-12(20-2)11(16)8-10/h5-6,8-9,13H,3-4,7H2,1-2H3,(H,17,18)/t9-,13+/m0/s1. The topological polar surface area (TPSA) is 73.9 Å². The second kappa shape index (κ2) is 7.47. The van der Waals surface area contributed by atoms with Crippen molar-refractivity contribution in [3.05, 3.63) is 23.2 Å². The van der Waals surface area contributed by atoms with Gasteiger partial charge in [0.2, 0.25) is 0 Å². The minimum absolute atomic E-state index is 0.379. The van der Waals surface area contributed by atoms with Gasteiger partial charge in [-0.2, -0.15) is 0 Å². The van der Waals surface area contributed by atoms with Crippen LogP contribution in [-0.2, 0) is 19.1 Å². The lowest BCUT2D eigenvalue weighted by atomic mass is 10.2. The number of hydrogen-bond donors (Lipinski definition) is 1. The van der Waals surface area contributed by atoms with Gasteiger partial charge < -0.3 is 19.5 Å². The van der Waals surface area contributed by atoms with Crippen molar-refractivity contribution < 1.29 is 23.8 Å². The number of rotatable bonds is 5. The zero-order valence-corrected chi connectivity index (χ0v) is 13.2. The number of methoxy groups -OCH3 is 1. The molecule has 0 saturated carbocycles. The zero-order chi connectivity index (χ0) is 16.1. The van der Waals surface area contributed by atoms with Crippen molar-refractivity contribution in [1.29, 1.82) is 0 Å². The Balaban J connectivity index is 1.90. The SMILES string of the molecule is COc1ccc(NC(=O)[C@H](C)OC(=O)[C@H]2CCCO2)cc1Cl. The van der Waals surface area contributed by atoms with E-state index in [4.69, 9.17) is 25.8 Å². The molecule has 0 spiro atoms. The van der Waals surface area contributed by atoms with Gasteiger partial charge in [-0.3, -0.25) is 4.79 Å². The molecule has 1 aliphatic rings. The van der Waals surface area contributed by atoms with Crippen LogP contribution in [0.15, 0.2) is 18.2 Å². The molecule has 1 saturated heterocycles. The maximum Gasteiger partial charge on any atom is 0.336 e. The fourth-order valence-corrected chi connectivity index (χ4v) is 2.31. The number of carbonyl (C=O) groups excluding carboxylic acids is 2. The van der Waals surface area contributed by atoms with Gasteiger partial charge in [0.05, 0.1) is 12.1 Å². The van der Waals surface area contributed by atoms with Crippen molar-refractivity contribution in [3.8, 4) is 5.75 Å². The summed E-state index contributed by atoms with van der Waals surface area (Å²) in [5, 5.41) is 3.01. The molecular formula is C15H18ClNO5. The first-order valence-corrected chi connectivity index (χ1v) is 7.35. The number of ether oxygens (including phenoxy) is 3. The van der Waals surface area contributed by atoms with E-state index in [1.807, 2.05) is 0 Å². The molecule has 0 unspecified atom stereocenters. The zero-order valence-electron chi connectivity index (χ0n) is 12.4. The van der Waals surface area contributed by atoms with Crippen molar-refractivity contribution in [2.45, 2.75) is 32.0 Å². The summed E-state index contributed by atoms with van der Waals surface area (Å²) in [7, 11) is 1.51. The van der Waals surface area contributed by atoms with Crippen LogP contribution in [0.2, 0.25) is 5.02 Å². The molecular weight excluding hydrogens is 310 g/mol. The Hall–Kier alpha value is -1.79. The first-order valence-electron chi connectivity index (χ1n) is 6.97. The molecule has 0 aromatic heterocycles. The molecule has 1 N–H and O–H groups in total. The molecule has 1 aliphatic heterocycles. The molecule has 1 amide bonds. The Labute approximate surface area is 133 Å². The molecule has 6 nitrogen and oxygen atoms in total. The number of nitrogens with one attached hydrogen (secondary N) is 1. The van der Waals surface area contributed by atoms with Crippen LogP contribution < -0.4 is 10.1 Å². The van der Waals surface area contributed by atoms with E-state index in [1.165, 1.54) is 14.0 Å². The Kier molecular flexibility index (Phi) is 5.63. The largest absolute Gasteiger partial charge is 0.495 e. The highest BCUT2D eigenvalue weighted by molar-refractivity contribution is 6.32. The Morgan fingerprint density at radius 2 is 2.23 bits per heavy atom. The Morgan fingerprint density at radius 1 is 1.45 bits per heavy atom. The minimum Gasteiger partial charge on any atom is -0.495 e. The third-order valence-corrected chi connectivity index (χ3v) is 3.57. The van der Waals surface area contributed by atoms with Crippen molar-refractivity contribution in [2.75, 3.05) is 19.0 Å². The van der Waals surface area contributed by atoms with Gasteiger partial charge in [0, 0.05) is 12.3 Å². The molecule has 0 bridgehead atoms. The summed E-state index contributed by atoms with van der Waals surface area (Å²) in [4.78, 5) is 23.8. The summed E-state index contributed by atoms with van der Waals surface area (Å²) in [6.07, 6.45) is -0.0327. The highest BCUT2D eigenvalue weighted by atomic mass is 35.5. The van der Waals surface area contributed by atoms with E-state index in [-0.39, 0.29) is 0 Å². The van der Waals surface area contributed by atoms with Gasteiger partial charge in [0.25, 0.3) is 5.91 Å². The number of anilines is 1. The van der Waals surface area contributed by atoms with E-state index < -0.39 is 24.1 Å². The highest BCUT2D eigenvalue weighted by Gasteiger charge is 2.28. The monoisotopic (exact) mass is 327 g/mol. The van der Waals surface area contributed by atoms with Crippen LogP contribution in [0.1, 0.15) is 19.8 Å². The van der Waals surface area contributed by atoms with Crippen LogP contribution in [0, 0.1) is 0 Å². The molecule has 0 aliphatic carbocycles. The van der Waals surface area contributed by atoms with Crippen LogP contribution in [0.25, 0.3) is 0 Å². The molecule has 120 valence electrons. The number of esters is 1. The first-order chi connectivity index (χ1) is 10.5. The molecule has 1 aromatic carbocycles. The summed E-state index contributed by atoms with van der Waals surface area (Å²) in [5.74, 6) is -0.432. The van der Waals surface area contributed by atoms with E-state index in [0.717, 1.165) is 6.42 Å². The van der Waals surface area contributed by atoms with E-state index in [2.05, 4.69) is 5.32 Å². The molecule has 1 heterocycles. The Morgan fingerprint density at radius 3 is 2.82 bits per heavy atom. The smallest absolute Gasteiger partial charge is 0.336 e. The minimum atomic E-state index is -0.919. The van der Waals surface area contributed by atoms with Gasteiger partial charge in [-0.25, -0.2) is 4.79 Å². The molecule has 0 radical (unpaired) electrons. The maximum absolute atomic E-state index is 12.0. The number of carbonyl (C=O) groups is 2. The average molecular weight is 328 g/mol. The molecule has 22 heavy (non-hydrogen) atoms. The first kappa shape index (κ1) is 16.6. The van der Waals surface area contributed by atoms with Crippen LogP contribution in [0.4, 0.5) is 5.69 Å². The van der Waals surface area contributed by atoms with Crippen LogP contribution in [-0.4, -0.2) is 37.8 Å². The molecule has 1 aromatic rings. The fourth-order valence-electron chi connectivity index (χ4n) is 2.06. The summed E-state index contributed by atoms with van der Waals surface area (Å²) in [6, 6.07) is 4.85. The number of amides is 1. The van der Waals surface area contributed by atoms with Crippen molar-refractivity contribution in [2.24, 2.45) is 0 Å². The van der Waals surface area contributed by atoms with E-state index in [9.17, 15) is 9.59 Å². The van der Waals surface area contributed by atoms with E-state index >= 15 is 0 Å². The Bertz CT molecular complexity index is 557. The summed E-state index contributed by atoms with van der Waals surface area (Å²) in [5.41, 5.74) is 0.496. The predicted molar refractivity (Wildman–Crippen MR) is 81.2 cm³/mol. The second-order valence-electron chi connectivity index (χ2n) is 4.92. The van der Waals surface area contributed by atoms with Gasteiger partial charge in [-0.1, -0.05) is 11.6 Å². The van der Waals surface area contributed by atoms with E-state index in [0.29, 0.717) is 29.5 Å². The average Bonchev–Trinajstić information content (AvgIpc) is 3.01. The quantitative estimate of drug-likeness (QED) is 0.841. The number of hydrogen-bond acceptors (Lipinski definition) is 5. The van der Waals surface area contributed by atoms with E-state index in [1.54, 1.807) is 18.2 Å². The van der Waals surface area contributed by atoms with Crippen LogP contribution in [0.3, 0.4) is 0 Å². The lowest BCUT2D eigenvalue weighted by Crippen LogP contribution is -2.33.